The minimum absolute atomic E-state index is 0.321. The number of benzene rings is 2. The van der Waals surface area contributed by atoms with Crippen LogP contribution in [0, 0.1) is 12.7 Å². The largest absolute Gasteiger partial charge is 0.495 e. The standard InChI is InChI=1S/C14H13ClFNO/c1-9-11(15)4-3-5-12(9)17-13-8-10(16)6-7-14(13)18-2/h3-8,17H,1-2H3. The average molecular weight is 266 g/mol. The van der Waals surface area contributed by atoms with Crippen LogP contribution < -0.4 is 10.1 Å². The summed E-state index contributed by atoms with van der Waals surface area (Å²) >= 11 is 6.04. The van der Waals surface area contributed by atoms with Crippen molar-refractivity contribution in [2.45, 2.75) is 6.92 Å². The van der Waals surface area contributed by atoms with Crippen LogP contribution in [-0.4, -0.2) is 7.11 Å². The molecule has 18 heavy (non-hydrogen) atoms. The van der Waals surface area contributed by atoms with Crippen LogP contribution in [0.5, 0.6) is 5.75 Å². The Hall–Kier alpha value is -1.74. The van der Waals surface area contributed by atoms with Gasteiger partial charge in [-0.2, -0.15) is 0 Å². The van der Waals surface area contributed by atoms with Gasteiger partial charge in [-0.05, 0) is 36.8 Å². The van der Waals surface area contributed by atoms with E-state index in [0.717, 1.165) is 11.3 Å². The second kappa shape index (κ2) is 5.27. The van der Waals surface area contributed by atoms with Crippen LogP contribution in [0.25, 0.3) is 0 Å². The summed E-state index contributed by atoms with van der Waals surface area (Å²) in [4.78, 5) is 0. The van der Waals surface area contributed by atoms with Crippen molar-refractivity contribution in [3.8, 4) is 5.75 Å². The fourth-order valence-electron chi connectivity index (χ4n) is 1.67. The van der Waals surface area contributed by atoms with E-state index in [9.17, 15) is 4.39 Å². The molecule has 0 amide bonds. The van der Waals surface area contributed by atoms with Crippen LogP contribution in [0.1, 0.15) is 5.56 Å². The quantitative estimate of drug-likeness (QED) is 0.880. The molecule has 2 aromatic carbocycles. The summed E-state index contributed by atoms with van der Waals surface area (Å²) in [6.07, 6.45) is 0. The molecule has 0 saturated heterocycles. The number of hydrogen-bond donors (Lipinski definition) is 1. The Kier molecular flexibility index (Phi) is 3.72. The highest BCUT2D eigenvalue weighted by molar-refractivity contribution is 6.31. The molecule has 94 valence electrons. The average Bonchev–Trinajstić information content (AvgIpc) is 2.35. The molecule has 2 nitrogen and oxygen atoms in total. The molecule has 1 N–H and O–H groups in total. The Morgan fingerprint density at radius 2 is 1.94 bits per heavy atom. The van der Waals surface area contributed by atoms with Gasteiger partial charge in [0.1, 0.15) is 11.6 Å². The van der Waals surface area contributed by atoms with Gasteiger partial charge in [-0.1, -0.05) is 17.7 Å². The Balaban J connectivity index is 2.39. The van der Waals surface area contributed by atoms with E-state index in [-0.39, 0.29) is 5.82 Å². The first-order valence-electron chi connectivity index (χ1n) is 5.47. The first-order valence-corrected chi connectivity index (χ1v) is 5.85. The first kappa shape index (κ1) is 12.7. The van der Waals surface area contributed by atoms with E-state index in [1.54, 1.807) is 13.2 Å². The lowest BCUT2D eigenvalue weighted by Crippen LogP contribution is -1.97. The lowest BCUT2D eigenvalue weighted by molar-refractivity contribution is 0.416. The minimum Gasteiger partial charge on any atom is -0.495 e. The van der Waals surface area contributed by atoms with Gasteiger partial charge < -0.3 is 10.1 Å². The normalized spacial score (nSPS) is 10.2. The van der Waals surface area contributed by atoms with E-state index >= 15 is 0 Å². The fourth-order valence-corrected chi connectivity index (χ4v) is 1.84. The van der Waals surface area contributed by atoms with Crippen LogP contribution in [0.3, 0.4) is 0 Å². The van der Waals surface area contributed by atoms with E-state index < -0.39 is 0 Å². The molecule has 0 unspecified atom stereocenters. The number of methoxy groups -OCH3 is 1. The molecule has 0 saturated carbocycles. The van der Waals surface area contributed by atoms with E-state index in [1.165, 1.54) is 12.1 Å². The van der Waals surface area contributed by atoms with Gasteiger partial charge >= 0.3 is 0 Å². The van der Waals surface area contributed by atoms with Gasteiger partial charge in [0.15, 0.2) is 0 Å². The number of anilines is 2. The molecule has 0 aromatic heterocycles. The molecule has 0 bridgehead atoms. The predicted molar refractivity (Wildman–Crippen MR) is 72.4 cm³/mol. The maximum atomic E-state index is 13.2. The van der Waals surface area contributed by atoms with E-state index in [0.29, 0.717) is 16.5 Å². The monoisotopic (exact) mass is 265 g/mol. The zero-order valence-electron chi connectivity index (χ0n) is 10.1. The van der Waals surface area contributed by atoms with Gasteiger partial charge in [0.25, 0.3) is 0 Å². The summed E-state index contributed by atoms with van der Waals surface area (Å²) in [5.41, 5.74) is 2.31. The number of rotatable bonds is 3. The summed E-state index contributed by atoms with van der Waals surface area (Å²) in [7, 11) is 1.54. The third-order valence-corrected chi connectivity index (χ3v) is 3.11. The predicted octanol–water partition coefficient (Wildman–Crippen LogP) is 4.54. The third-order valence-electron chi connectivity index (χ3n) is 2.70. The van der Waals surface area contributed by atoms with Crippen molar-refractivity contribution in [3.63, 3.8) is 0 Å². The number of nitrogens with one attached hydrogen (secondary N) is 1. The summed E-state index contributed by atoms with van der Waals surface area (Å²) < 4.78 is 18.4. The molecule has 2 rings (SSSR count). The summed E-state index contributed by atoms with van der Waals surface area (Å²) in [6, 6.07) is 9.85. The topological polar surface area (TPSA) is 21.3 Å². The minimum atomic E-state index is -0.321. The van der Waals surface area contributed by atoms with Crippen molar-refractivity contribution >= 4 is 23.0 Å². The molecule has 0 atom stereocenters. The molecule has 0 aliphatic rings. The van der Waals surface area contributed by atoms with Gasteiger partial charge in [-0.15, -0.1) is 0 Å². The van der Waals surface area contributed by atoms with Crippen molar-refractivity contribution in [3.05, 3.63) is 52.8 Å². The number of ether oxygens (including phenoxy) is 1. The van der Waals surface area contributed by atoms with Gasteiger partial charge in [0.05, 0.1) is 12.8 Å². The fraction of sp³-hybridized carbons (Fsp3) is 0.143. The summed E-state index contributed by atoms with van der Waals surface area (Å²) in [6.45, 7) is 1.90. The van der Waals surface area contributed by atoms with Gasteiger partial charge in [-0.3, -0.25) is 0 Å². The van der Waals surface area contributed by atoms with E-state index in [1.807, 2.05) is 25.1 Å². The first-order chi connectivity index (χ1) is 8.61. The lowest BCUT2D eigenvalue weighted by atomic mass is 10.2. The van der Waals surface area contributed by atoms with Crippen LogP contribution in [-0.2, 0) is 0 Å². The molecule has 0 fully saturated rings. The van der Waals surface area contributed by atoms with Gasteiger partial charge in [-0.25, -0.2) is 4.39 Å². The zero-order chi connectivity index (χ0) is 13.1. The van der Waals surface area contributed by atoms with Crippen LogP contribution in [0.2, 0.25) is 5.02 Å². The summed E-state index contributed by atoms with van der Waals surface area (Å²) in [5.74, 6) is 0.258. The maximum absolute atomic E-state index is 13.2. The Morgan fingerprint density at radius 1 is 1.17 bits per heavy atom. The Morgan fingerprint density at radius 3 is 2.67 bits per heavy atom. The van der Waals surface area contributed by atoms with Gasteiger partial charge in [0, 0.05) is 16.8 Å². The second-order valence-electron chi connectivity index (χ2n) is 3.88. The molecular formula is C14H13ClFNO. The van der Waals surface area contributed by atoms with Crippen molar-refractivity contribution in [1.82, 2.24) is 0 Å². The van der Waals surface area contributed by atoms with Crippen LogP contribution in [0.15, 0.2) is 36.4 Å². The van der Waals surface area contributed by atoms with Crippen molar-refractivity contribution in [2.75, 3.05) is 12.4 Å². The van der Waals surface area contributed by atoms with Crippen LogP contribution in [0.4, 0.5) is 15.8 Å². The highest BCUT2D eigenvalue weighted by atomic mass is 35.5. The molecule has 2 aromatic rings. The second-order valence-corrected chi connectivity index (χ2v) is 4.29. The molecule has 0 radical (unpaired) electrons. The smallest absolute Gasteiger partial charge is 0.142 e. The summed E-state index contributed by atoms with van der Waals surface area (Å²) in [5, 5.41) is 3.79. The SMILES string of the molecule is COc1ccc(F)cc1Nc1cccc(Cl)c1C. The van der Waals surface area contributed by atoms with E-state index in [4.69, 9.17) is 16.3 Å². The zero-order valence-corrected chi connectivity index (χ0v) is 10.9. The molecule has 0 aliphatic carbocycles. The van der Waals surface area contributed by atoms with Crippen molar-refractivity contribution in [2.24, 2.45) is 0 Å². The third kappa shape index (κ3) is 2.57. The number of halogens is 2. The lowest BCUT2D eigenvalue weighted by Gasteiger charge is -2.13. The molecule has 0 heterocycles. The molecule has 0 spiro atoms. The maximum Gasteiger partial charge on any atom is 0.142 e. The van der Waals surface area contributed by atoms with Crippen molar-refractivity contribution in [1.29, 1.82) is 0 Å². The Bertz CT molecular complexity index is 572. The Labute approximate surface area is 110 Å². The number of hydrogen-bond acceptors (Lipinski definition) is 2. The van der Waals surface area contributed by atoms with Gasteiger partial charge in [0.2, 0.25) is 0 Å². The highest BCUT2D eigenvalue weighted by Crippen LogP contribution is 2.31. The molecular weight excluding hydrogens is 253 g/mol. The van der Waals surface area contributed by atoms with E-state index in [2.05, 4.69) is 5.32 Å². The molecule has 0 aliphatic heterocycles. The molecule has 4 heteroatoms. The van der Waals surface area contributed by atoms with Crippen molar-refractivity contribution < 1.29 is 9.13 Å². The van der Waals surface area contributed by atoms with Crippen LogP contribution >= 0.6 is 11.6 Å². The highest BCUT2D eigenvalue weighted by Gasteiger charge is 2.07.